The molecule has 5 rings (SSSR count). The molecule has 1 unspecified atom stereocenters. The van der Waals surface area contributed by atoms with Crippen LogP contribution in [0.15, 0.2) is 23.0 Å². The summed E-state index contributed by atoms with van der Waals surface area (Å²) in [6.07, 6.45) is 0.880. The highest BCUT2D eigenvalue weighted by atomic mass is 19.3. The van der Waals surface area contributed by atoms with Gasteiger partial charge in [0.2, 0.25) is 11.8 Å². The minimum Gasteiger partial charge on any atom is -0.367 e. The summed E-state index contributed by atoms with van der Waals surface area (Å²) in [7, 11) is 1.67. The van der Waals surface area contributed by atoms with Crippen LogP contribution in [0.5, 0.6) is 0 Å². The highest BCUT2D eigenvalue weighted by Gasteiger charge is 2.45. The molecule has 0 saturated carbocycles. The van der Waals surface area contributed by atoms with Crippen molar-refractivity contribution in [2.24, 2.45) is 7.05 Å². The number of anilines is 1. The molecule has 9 nitrogen and oxygen atoms in total. The van der Waals surface area contributed by atoms with Gasteiger partial charge in [0.25, 0.3) is 5.92 Å². The molecule has 0 bridgehead atoms. The summed E-state index contributed by atoms with van der Waals surface area (Å²) in [6, 6.07) is 4.07. The first-order valence-corrected chi connectivity index (χ1v) is 11.4. The number of benzene rings is 1. The van der Waals surface area contributed by atoms with Crippen LogP contribution in [0.2, 0.25) is 0 Å². The topological polar surface area (TPSA) is 91.6 Å². The van der Waals surface area contributed by atoms with Crippen LogP contribution in [0, 0.1) is 0 Å². The molecule has 33 heavy (non-hydrogen) atoms. The summed E-state index contributed by atoms with van der Waals surface area (Å²) >= 11 is 0. The van der Waals surface area contributed by atoms with E-state index in [4.69, 9.17) is 0 Å². The number of piperazine rings is 1. The Morgan fingerprint density at radius 2 is 1.82 bits per heavy atom. The zero-order valence-electron chi connectivity index (χ0n) is 18.5. The lowest BCUT2D eigenvalue weighted by atomic mass is 9.99. The van der Waals surface area contributed by atoms with Gasteiger partial charge in [0.1, 0.15) is 6.04 Å². The summed E-state index contributed by atoms with van der Waals surface area (Å²) in [5.41, 5.74) is 1.85. The van der Waals surface area contributed by atoms with E-state index in [2.05, 4.69) is 15.5 Å². The Hall–Kier alpha value is -2.79. The normalized spacial score (nSPS) is 26.6. The number of imidazole rings is 1. The molecule has 1 aromatic heterocycles. The van der Waals surface area contributed by atoms with Crippen molar-refractivity contribution < 1.29 is 18.4 Å². The van der Waals surface area contributed by atoms with Crippen LogP contribution in [0.1, 0.15) is 25.3 Å². The fraction of sp³-hybridized carbons (Fsp3) is 0.591. The van der Waals surface area contributed by atoms with Crippen molar-refractivity contribution in [1.29, 1.82) is 0 Å². The number of para-hydroxylation sites is 1. The van der Waals surface area contributed by atoms with Crippen molar-refractivity contribution in [2.45, 2.75) is 37.3 Å². The summed E-state index contributed by atoms with van der Waals surface area (Å²) in [5, 5.41) is 5.10. The minimum atomic E-state index is -2.75. The van der Waals surface area contributed by atoms with Crippen LogP contribution in [0.25, 0.3) is 11.0 Å². The Kier molecular flexibility index (Phi) is 5.48. The lowest BCUT2D eigenvalue weighted by Crippen LogP contribution is -2.61. The third-order valence-electron chi connectivity index (χ3n) is 7.14. The number of amides is 2. The van der Waals surface area contributed by atoms with E-state index in [-0.39, 0.29) is 31.0 Å². The maximum absolute atomic E-state index is 14.4. The zero-order valence-corrected chi connectivity index (χ0v) is 18.5. The molecule has 3 saturated heterocycles. The molecule has 4 heterocycles. The van der Waals surface area contributed by atoms with Gasteiger partial charge in [-0.15, -0.1) is 0 Å². The average Bonchev–Trinajstić information content (AvgIpc) is 3.04. The number of nitrogens with zero attached hydrogens (tertiary/aromatic N) is 4. The van der Waals surface area contributed by atoms with Crippen molar-refractivity contribution >= 4 is 28.5 Å². The van der Waals surface area contributed by atoms with Gasteiger partial charge < -0.3 is 10.2 Å². The molecular weight excluding hydrogens is 434 g/mol. The molecule has 3 aliphatic heterocycles. The lowest BCUT2D eigenvalue weighted by Gasteiger charge is -2.44. The molecule has 2 aromatic rings. The smallest absolute Gasteiger partial charge is 0.329 e. The number of piperidine rings is 2. The van der Waals surface area contributed by atoms with Gasteiger partial charge in [-0.1, -0.05) is 6.07 Å². The van der Waals surface area contributed by atoms with Gasteiger partial charge in [-0.25, -0.2) is 13.6 Å². The summed E-state index contributed by atoms with van der Waals surface area (Å²) in [6.45, 7) is 2.47. The summed E-state index contributed by atoms with van der Waals surface area (Å²) in [4.78, 5) is 41.1. The molecule has 2 amide bonds. The predicted octanol–water partition coefficient (Wildman–Crippen LogP) is 0.437. The van der Waals surface area contributed by atoms with Gasteiger partial charge in [0.05, 0.1) is 29.3 Å². The fourth-order valence-corrected chi connectivity index (χ4v) is 5.45. The van der Waals surface area contributed by atoms with Gasteiger partial charge in [0, 0.05) is 39.6 Å². The summed E-state index contributed by atoms with van der Waals surface area (Å²) < 4.78 is 31.8. The third-order valence-corrected chi connectivity index (χ3v) is 7.14. The van der Waals surface area contributed by atoms with E-state index in [9.17, 15) is 23.2 Å². The Morgan fingerprint density at radius 3 is 2.52 bits per heavy atom. The van der Waals surface area contributed by atoms with Crippen LogP contribution in [0.4, 0.5) is 14.5 Å². The highest BCUT2D eigenvalue weighted by molar-refractivity contribution is 6.00. The molecule has 1 aromatic carbocycles. The zero-order chi connectivity index (χ0) is 23.3. The minimum absolute atomic E-state index is 0.183. The van der Waals surface area contributed by atoms with Crippen molar-refractivity contribution in [3.63, 3.8) is 0 Å². The van der Waals surface area contributed by atoms with Crippen LogP contribution < -0.4 is 21.2 Å². The number of carbonyl (C=O) groups excluding carboxylic acids is 2. The van der Waals surface area contributed by atoms with Crippen molar-refractivity contribution in [3.05, 3.63) is 28.7 Å². The molecule has 3 aliphatic rings. The molecule has 11 heteroatoms. The SMILES string of the molecule is Cn1c(=O)n(C2CCC(=O)NC2=O)c2cccc(N3CCN([C@@H]4CCNCC4(F)F)CC3)c21. The number of aromatic nitrogens is 2. The molecule has 0 aliphatic carbocycles. The fourth-order valence-electron chi connectivity index (χ4n) is 5.45. The second-order valence-electron chi connectivity index (χ2n) is 9.09. The lowest BCUT2D eigenvalue weighted by molar-refractivity contribution is -0.135. The third kappa shape index (κ3) is 3.72. The van der Waals surface area contributed by atoms with E-state index in [1.165, 1.54) is 9.13 Å². The number of nitrogens with one attached hydrogen (secondary N) is 2. The Labute approximate surface area is 189 Å². The largest absolute Gasteiger partial charge is 0.367 e. The van der Waals surface area contributed by atoms with Crippen LogP contribution in [-0.2, 0) is 16.6 Å². The number of hydrogen-bond donors (Lipinski definition) is 2. The van der Waals surface area contributed by atoms with E-state index in [1.807, 2.05) is 17.0 Å². The maximum Gasteiger partial charge on any atom is 0.329 e. The van der Waals surface area contributed by atoms with Crippen LogP contribution in [0.3, 0.4) is 0 Å². The van der Waals surface area contributed by atoms with Crippen molar-refractivity contribution in [3.8, 4) is 0 Å². The Balaban J connectivity index is 1.43. The van der Waals surface area contributed by atoms with Crippen molar-refractivity contribution in [2.75, 3.05) is 44.2 Å². The molecule has 3 fully saturated rings. The first-order chi connectivity index (χ1) is 15.8. The quantitative estimate of drug-likeness (QED) is 0.644. The monoisotopic (exact) mass is 462 g/mol. The number of carbonyl (C=O) groups is 2. The summed E-state index contributed by atoms with van der Waals surface area (Å²) in [5.74, 6) is -3.55. The Bertz CT molecular complexity index is 1150. The van der Waals surface area contributed by atoms with E-state index < -0.39 is 23.9 Å². The predicted molar refractivity (Wildman–Crippen MR) is 119 cm³/mol. The molecular formula is C22H28F2N6O3. The van der Waals surface area contributed by atoms with E-state index in [1.54, 1.807) is 13.1 Å². The maximum atomic E-state index is 14.4. The number of aryl methyl sites for hydroxylation is 1. The molecule has 0 radical (unpaired) electrons. The molecule has 0 spiro atoms. The van der Waals surface area contributed by atoms with Gasteiger partial charge >= 0.3 is 5.69 Å². The number of fused-ring (bicyclic) bond motifs is 1. The average molecular weight is 463 g/mol. The van der Waals surface area contributed by atoms with Gasteiger partial charge in [-0.2, -0.15) is 0 Å². The Morgan fingerprint density at radius 1 is 1.06 bits per heavy atom. The number of hydrogen-bond acceptors (Lipinski definition) is 6. The van der Waals surface area contributed by atoms with Crippen LogP contribution in [-0.4, -0.2) is 77.1 Å². The molecule has 178 valence electrons. The highest BCUT2D eigenvalue weighted by Crippen LogP contribution is 2.32. The van der Waals surface area contributed by atoms with E-state index in [0.29, 0.717) is 50.2 Å². The van der Waals surface area contributed by atoms with Gasteiger partial charge in [0.15, 0.2) is 0 Å². The number of imide groups is 1. The number of alkyl halides is 2. The second-order valence-corrected chi connectivity index (χ2v) is 9.09. The van der Waals surface area contributed by atoms with Gasteiger partial charge in [-0.3, -0.25) is 28.9 Å². The van der Waals surface area contributed by atoms with Gasteiger partial charge in [-0.05, 0) is 31.5 Å². The second kappa shape index (κ2) is 8.21. The van der Waals surface area contributed by atoms with Crippen molar-refractivity contribution in [1.82, 2.24) is 24.7 Å². The first kappa shape index (κ1) is 22.0. The van der Waals surface area contributed by atoms with Crippen LogP contribution >= 0.6 is 0 Å². The first-order valence-electron chi connectivity index (χ1n) is 11.4. The van der Waals surface area contributed by atoms with E-state index >= 15 is 0 Å². The standard InChI is InChI=1S/C22H28F2N6O3/c1-27-19-14(28-9-11-29(12-10-28)17-7-8-25-13-22(17,23)24)3-2-4-15(19)30(21(27)33)16-5-6-18(31)26-20(16)32/h2-4,16-17,25H,5-13H2,1H3,(H,26,31,32)/t16?,17-/m1/s1. The number of rotatable bonds is 3. The van der Waals surface area contributed by atoms with E-state index in [0.717, 1.165) is 5.69 Å². The molecule has 2 atom stereocenters. The molecule has 2 N–H and O–H groups in total. The number of halogens is 2.